The van der Waals surface area contributed by atoms with Gasteiger partial charge in [-0.25, -0.2) is 0 Å². The van der Waals surface area contributed by atoms with Crippen LogP contribution in [-0.4, -0.2) is 10.9 Å². The van der Waals surface area contributed by atoms with Gasteiger partial charge in [-0.1, -0.05) is 12.1 Å². The molecule has 0 saturated heterocycles. The molecule has 82 valence electrons. The number of nitrogens with one attached hydrogen (secondary N) is 2. The van der Waals surface area contributed by atoms with E-state index < -0.39 is 0 Å². The smallest absolute Gasteiger partial charge is 0.267 e. The number of aromatic nitrogens is 1. The Labute approximate surface area is 93.5 Å². The van der Waals surface area contributed by atoms with Gasteiger partial charge in [0.1, 0.15) is 5.69 Å². The SMILES string of the molecule is Nc1cccc(CNC(=O)c2ccc[nH]2)c1. The molecule has 4 heteroatoms. The molecule has 1 amide bonds. The second-order valence-corrected chi connectivity index (χ2v) is 3.51. The lowest BCUT2D eigenvalue weighted by Gasteiger charge is -2.04. The van der Waals surface area contributed by atoms with Crippen LogP contribution in [0.25, 0.3) is 0 Å². The van der Waals surface area contributed by atoms with Crippen LogP contribution in [0.1, 0.15) is 16.1 Å². The van der Waals surface area contributed by atoms with Gasteiger partial charge in [0.15, 0.2) is 0 Å². The van der Waals surface area contributed by atoms with Crippen LogP contribution < -0.4 is 11.1 Å². The summed E-state index contributed by atoms with van der Waals surface area (Å²) in [6.45, 7) is 0.475. The lowest BCUT2D eigenvalue weighted by molar-refractivity contribution is 0.0946. The van der Waals surface area contributed by atoms with Gasteiger partial charge < -0.3 is 16.0 Å². The number of anilines is 1. The van der Waals surface area contributed by atoms with Gasteiger partial charge in [0.2, 0.25) is 0 Å². The molecule has 0 radical (unpaired) electrons. The summed E-state index contributed by atoms with van der Waals surface area (Å²) in [6.07, 6.45) is 1.72. The van der Waals surface area contributed by atoms with E-state index in [4.69, 9.17) is 5.73 Å². The summed E-state index contributed by atoms with van der Waals surface area (Å²) in [7, 11) is 0. The van der Waals surface area contributed by atoms with Crippen molar-refractivity contribution in [1.29, 1.82) is 0 Å². The molecule has 0 atom stereocenters. The summed E-state index contributed by atoms with van der Waals surface area (Å²) in [5.41, 5.74) is 7.89. The molecule has 0 unspecified atom stereocenters. The Kier molecular flexibility index (Phi) is 2.91. The molecule has 4 nitrogen and oxygen atoms in total. The minimum Gasteiger partial charge on any atom is -0.399 e. The van der Waals surface area contributed by atoms with Crippen LogP contribution >= 0.6 is 0 Å². The van der Waals surface area contributed by atoms with E-state index in [9.17, 15) is 4.79 Å². The van der Waals surface area contributed by atoms with Crippen molar-refractivity contribution in [2.75, 3.05) is 5.73 Å². The monoisotopic (exact) mass is 215 g/mol. The highest BCUT2D eigenvalue weighted by Crippen LogP contribution is 2.06. The number of hydrogen-bond acceptors (Lipinski definition) is 2. The van der Waals surface area contributed by atoms with Gasteiger partial charge in [-0.2, -0.15) is 0 Å². The largest absolute Gasteiger partial charge is 0.399 e. The molecule has 0 fully saturated rings. The highest BCUT2D eigenvalue weighted by Gasteiger charge is 2.04. The number of nitrogens with two attached hydrogens (primary N) is 1. The van der Waals surface area contributed by atoms with Gasteiger partial charge >= 0.3 is 0 Å². The van der Waals surface area contributed by atoms with Crippen LogP contribution in [-0.2, 0) is 6.54 Å². The van der Waals surface area contributed by atoms with Crippen molar-refractivity contribution in [2.45, 2.75) is 6.54 Å². The lowest BCUT2D eigenvalue weighted by Crippen LogP contribution is -2.23. The third-order valence-corrected chi connectivity index (χ3v) is 2.25. The number of carbonyl (C=O) groups is 1. The molecule has 16 heavy (non-hydrogen) atoms. The molecule has 1 heterocycles. The molecule has 0 aliphatic carbocycles. The van der Waals surface area contributed by atoms with Crippen molar-refractivity contribution < 1.29 is 4.79 Å². The molecule has 0 spiro atoms. The highest BCUT2D eigenvalue weighted by molar-refractivity contribution is 5.92. The third-order valence-electron chi connectivity index (χ3n) is 2.25. The van der Waals surface area contributed by atoms with Crippen LogP contribution in [0.5, 0.6) is 0 Å². The van der Waals surface area contributed by atoms with Crippen LogP contribution in [0.2, 0.25) is 0 Å². The Morgan fingerprint density at radius 2 is 2.19 bits per heavy atom. The Hall–Kier alpha value is -2.23. The summed E-state index contributed by atoms with van der Waals surface area (Å²) < 4.78 is 0. The van der Waals surface area contributed by atoms with E-state index in [1.54, 1.807) is 18.3 Å². The molecule has 1 aromatic carbocycles. The number of carbonyl (C=O) groups excluding carboxylic acids is 1. The first kappa shape index (κ1) is 10.3. The average Bonchev–Trinajstić information content (AvgIpc) is 2.79. The van der Waals surface area contributed by atoms with E-state index in [2.05, 4.69) is 10.3 Å². The number of hydrogen-bond donors (Lipinski definition) is 3. The van der Waals surface area contributed by atoms with Gasteiger partial charge in [0.25, 0.3) is 5.91 Å². The zero-order valence-electron chi connectivity index (χ0n) is 8.73. The molecular weight excluding hydrogens is 202 g/mol. The van der Waals surface area contributed by atoms with Crippen molar-refractivity contribution in [2.24, 2.45) is 0 Å². The van der Waals surface area contributed by atoms with Crippen molar-refractivity contribution in [3.8, 4) is 0 Å². The normalized spacial score (nSPS) is 10.0. The number of rotatable bonds is 3. The number of H-pyrrole nitrogens is 1. The summed E-state index contributed by atoms with van der Waals surface area (Å²) >= 11 is 0. The van der Waals surface area contributed by atoms with Gasteiger partial charge in [0, 0.05) is 18.4 Å². The van der Waals surface area contributed by atoms with Crippen molar-refractivity contribution in [3.05, 3.63) is 53.9 Å². The zero-order chi connectivity index (χ0) is 11.4. The molecule has 2 aromatic rings. The second-order valence-electron chi connectivity index (χ2n) is 3.51. The van der Waals surface area contributed by atoms with E-state index >= 15 is 0 Å². The summed E-state index contributed by atoms with van der Waals surface area (Å²) in [5, 5.41) is 2.80. The minimum atomic E-state index is -0.118. The summed E-state index contributed by atoms with van der Waals surface area (Å²) in [5.74, 6) is -0.118. The quantitative estimate of drug-likeness (QED) is 0.679. The van der Waals surface area contributed by atoms with Crippen LogP contribution in [0.4, 0.5) is 5.69 Å². The van der Waals surface area contributed by atoms with Gasteiger partial charge in [0.05, 0.1) is 0 Å². The standard InChI is InChI=1S/C12H13N3O/c13-10-4-1-3-9(7-10)8-15-12(16)11-5-2-6-14-11/h1-7,14H,8,13H2,(H,15,16). The summed E-state index contributed by atoms with van der Waals surface area (Å²) in [6, 6.07) is 11.0. The summed E-state index contributed by atoms with van der Waals surface area (Å²) in [4.78, 5) is 14.4. The van der Waals surface area contributed by atoms with E-state index in [1.165, 1.54) is 0 Å². The maximum Gasteiger partial charge on any atom is 0.267 e. The maximum atomic E-state index is 11.6. The lowest BCUT2D eigenvalue weighted by atomic mass is 10.2. The van der Waals surface area contributed by atoms with Crippen LogP contribution in [0.3, 0.4) is 0 Å². The fourth-order valence-electron chi connectivity index (χ4n) is 1.45. The molecular formula is C12H13N3O. The molecule has 4 N–H and O–H groups in total. The highest BCUT2D eigenvalue weighted by atomic mass is 16.1. The Morgan fingerprint density at radius 3 is 2.88 bits per heavy atom. The van der Waals surface area contributed by atoms with Crippen molar-refractivity contribution >= 4 is 11.6 Å². The van der Waals surface area contributed by atoms with E-state index in [0.29, 0.717) is 17.9 Å². The molecule has 0 saturated carbocycles. The molecule has 2 rings (SSSR count). The first-order chi connectivity index (χ1) is 7.75. The number of nitrogen functional groups attached to an aromatic ring is 1. The topological polar surface area (TPSA) is 70.9 Å². The fourth-order valence-corrected chi connectivity index (χ4v) is 1.45. The first-order valence-corrected chi connectivity index (χ1v) is 5.02. The van der Waals surface area contributed by atoms with Gasteiger partial charge in [-0.05, 0) is 29.8 Å². The van der Waals surface area contributed by atoms with E-state index in [-0.39, 0.29) is 5.91 Å². The van der Waals surface area contributed by atoms with Crippen molar-refractivity contribution in [3.63, 3.8) is 0 Å². The number of benzene rings is 1. The average molecular weight is 215 g/mol. The first-order valence-electron chi connectivity index (χ1n) is 5.02. The van der Waals surface area contributed by atoms with Crippen LogP contribution in [0.15, 0.2) is 42.6 Å². The Bertz CT molecular complexity index is 477. The third kappa shape index (κ3) is 2.42. The van der Waals surface area contributed by atoms with E-state index in [1.807, 2.05) is 24.3 Å². The van der Waals surface area contributed by atoms with E-state index in [0.717, 1.165) is 5.56 Å². The molecule has 0 bridgehead atoms. The number of amides is 1. The molecule has 0 aliphatic heterocycles. The minimum absolute atomic E-state index is 0.118. The second kappa shape index (κ2) is 4.53. The van der Waals surface area contributed by atoms with Crippen molar-refractivity contribution in [1.82, 2.24) is 10.3 Å². The molecule has 0 aliphatic rings. The molecule has 1 aromatic heterocycles. The van der Waals surface area contributed by atoms with Gasteiger partial charge in [-0.3, -0.25) is 4.79 Å². The Morgan fingerprint density at radius 1 is 1.31 bits per heavy atom. The predicted octanol–water partition coefficient (Wildman–Crippen LogP) is 1.53. The zero-order valence-corrected chi connectivity index (χ0v) is 8.73. The Balaban J connectivity index is 1.95. The van der Waals surface area contributed by atoms with Gasteiger partial charge in [-0.15, -0.1) is 0 Å². The fraction of sp³-hybridized carbons (Fsp3) is 0.0833. The van der Waals surface area contributed by atoms with Crippen LogP contribution in [0, 0.1) is 0 Å². The number of aromatic amines is 1. The predicted molar refractivity (Wildman–Crippen MR) is 62.8 cm³/mol. The maximum absolute atomic E-state index is 11.6.